The highest BCUT2D eigenvalue weighted by atomic mass is 19.4. The van der Waals surface area contributed by atoms with Crippen molar-refractivity contribution < 1.29 is 18.3 Å². The molecule has 0 aromatic carbocycles. The van der Waals surface area contributed by atoms with E-state index in [1.54, 1.807) is 0 Å². The summed E-state index contributed by atoms with van der Waals surface area (Å²) < 4.78 is 37.6. The van der Waals surface area contributed by atoms with E-state index in [-0.39, 0.29) is 36.4 Å². The summed E-state index contributed by atoms with van der Waals surface area (Å²) in [7, 11) is 0. The molecule has 2 saturated carbocycles. The lowest BCUT2D eigenvalue weighted by atomic mass is 9.64. The van der Waals surface area contributed by atoms with E-state index >= 15 is 0 Å². The van der Waals surface area contributed by atoms with E-state index in [2.05, 4.69) is 5.32 Å². The topological polar surface area (TPSA) is 32.3 Å². The molecule has 0 bridgehead atoms. The van der Waals surface area contributed by atoms with E-state index in [4.69, 9.17) is 0 Å². The summed E-state index contributed by atoms with van der Waals surface area (Å²) in [6.07, 6.45) is -1.96. The summed E-state index contributed by atoms with van der Waals surface area (Å²) >= 11 is 0. The van der Waals surface area contributed by atoms with Crippen LogP contribution in [0.15, 0.2) is 0 Å². The molecule has 2 fully saturated rings. The van der Waals surface area contributed by atoms with E-state index in [0.717, 1.165) is 0 Å². The Hall–Kier alpha value is -0.290. The van der Waals surface area contributed by atoms with Crippen molar-refractivity contribution >= 4 is 0 Å². The van der Waals surface area contributed by atoms with Gasteiger partial charge in [0.1, 0.15) is 0 Å². The zero-order chi connectivity index (χ0) is 13.6. The second-order valence-corrected chi connectivity index (χ2v) is 6.38. The Labute approximate surface area is 106 Å². The van der Waals surface area contributed by atoms with Crippen molar-refractivity contribution in [2.24, 2.45) is 11.3 Å². The first kappa shape index (κ1) is 14.1. The second kappa shape index (κ2) is 4.67. The smallest absolute Gasteiger partial charge is 0.391 e. The van der Waals surface area contributed by atoms with Gasteiger partial charge in [-0.05, 0) is 32.1 Å². The quantitative estimate of drug-likeness (QED) is 0.804. The fraction of sp³-hybridized carbons (Fsp3) is 1.00. The SMILES string of the molecule is CC1(C)C(O)CC1NC1CCC(C(F)(F)F)CC1. The van der Waals surface area contributed by atoms with Crippen LogP contribution in [0, 0.1) is 11.3 Å². The highest BCUT2D eigenvalue weighted by Crippen LogP contribution is 2.42. The summed E-state index contributed by atoms with van der Waals surface area (Å²) in [6.45, 7) is 4.00. The molecule has 0 aromatic heterocycles. The molecule has 2 unspecified atom stereocenters. The van der Waals surface area contributed by atoms with Gasteiger partial charge < -0.3 is 10.4 Å². The zero-order valence-corrected chi connectivity index (χ0v) is 10.9. The highest BCUT2D eigenvalue weighted by molar-refractivity contribution is 5.03. The Kier molecular flexibility index (Phi) is 3.67. The monoisotopic (exact) mass is 265 g/mol. The molecule has 2 N–H and O–H groups in total. The van der Waals surface area contributed by atoms with Gasteiger partial charge in [0.15, 0.2) is 0 Å². The van der Waals surface area contributed by atoms with Crippen LogP contribution in [0.25, 0.3) is 0 Å². The molecule has 2 nitrogen and oxygen atoms in total. The maximum Gasteiger partial charge on any atom is 0.391 e. The fourth-order valence-corrected chi connectivity index (χ4v) is 3.06. The van der Waals surface area contributed by atoms with Gasteiger partial charge in [0.2, 0.25) is 0 Å². The molecule has 2 aliphatic rings. The number of alkyl halides is 3. The number of nitrogens with one attached hydrogen (secondary N) is 1. The lowest BCUT2D eigenvalue weighted by Gasteiger charge is -2.51. The first-order valence-corrected chi connectivity index (χ1v) is 6.72. The van der Waals surface area contributed by atoms with Crippen molar-refractivity contribution in [2.75, 3.05) is 0 Å². The first-order valence-electron chi connectivity index (χ1n) is 6.72. The van der Waals surface area contributed by atoms with Crippen LogP contribution >= 0.6 is 0 Å². The number of aliphatic hydroxyl groups is 1. The van der Waals surface area contributed by atoms with Gasteiger partial charge in [-0.25, -0.2) is 0 Å². The standard InChI is InChI=1S/C13H22F3NO/c1-12(2)10(7-11(12)18)17-9-5-3-8(4-6-9)13(14,15)16/h8-11,17-18H,3-7H2,1-2H3. The molecule has 2 atom stereocenters. The predicted octanol–water partition coefficient (Wildman–Crippen LogP) is 2.86. The molecule has 2 rings (SSSR count). The van der Waals surface area contributed by atoms with Gasteiger partial charge in [0.25, 0.3) is 0 Å². The lowest BCUT2D eigenvalue weighted by Crippen LogP contribution is -2.62. The summed E-state index contributed by atoms with van der Waals surface area (Å²) in [5.41, 5.74) is -0.152. The number of hydrogen-bond acceptors (Lipinski definition) is 2. The molecule has 2 aliphatic carbocycles. The molecule has 0 aromatic rings. The van der Waals surface area contributed by atoms with Crippen molar-refractivity contribution in [1.82, 2.24) is 5.32 Å². The van der Waals surface area contributed by atoms with Gasteiger partial charge >= 0.3 is 6.18 Å². The van der Waals surface area contributed by atoms with Crippen LogP contribution in [-0.2, 0) is 0 Å². The summed E-state index contributed by atoms with van der Waals surface area (Å²) in [5, 5.41) is 13.1. The zero-order valence-electron chi connectivity index (χ0n) is 10.9. The highest BCUT2D eigenvalue weighted by Gasteiger charge is 2.48. The maximum atomic E-state index is 12.5. The van der Waals surface area contributed by atoms with Crippen LogP contribution < -0.4 is 5.32 Å². The molecule has 106 valence electrons. The van der Waals surface area contributed by atoms with Crippen molar-refractivity contribution in [1.29, 1.82) is 0 Å². The molecule has 0 spiro atoms. The minimum absolute atomic E-state index is 0.152. The third-order valence-electron chi connectivity index (χ3n) is 4.84. The minimum Gasteiger partial charge on any atom is -0.392 e. The Morgan fingerprint density at radius 3 is 2.06 bits per heavy atom. The van der Waals surface area contributed by atoms with Crippen LogP contribution in [0.5, 0.6) is 0 Å². The van der Waals surface area contributed by atoms with Crippen LogP contribution in [0.2, 0.25) is 0 Å². The van der Waals surface area contributed by atoms with Crippen molar-refractivity contribution in [3.63, 3.8) is 0 Å². The molecule has 0 amide bonds. The van der Waals surface area contributed by atoms with Gasteiger partial charge in [0.05, 0.1) is 12.0 Å². The molecular formula is C13H22F3NO. The van der Waals surface area contributed by atoms with Crippen LogP contribution in [0.4, 0.5) is 13.2 Å². The summed E-state index contributed by atoms with van der Waals surface area (Å²) in [4.78, 5) is 0. The molecule has 0 aliphatic heterocycles. The van der Waals surface area contributed by atoms with Crippen LogP contribution in [0.3, 0.4) is 0 Å². The van der Waals surface area contributed by atoms with Crippen molar-refractivity contribution in [2.45, 2.75) is 70.3 Å². The number of hydrogen-bond donors (Lipinski definition) is 2. The molecular weight excluding hydrogens is 243 g/mol. The Balaban J connectivity index is 1.78. The second-order valence-electron chi connectivity index (χ2n) is 6.38. The lowest BCUT2D eigenvalue weighted by molar-refractivity contribution is -0.183. The van der Waals surface area contributed by atoms with Gasteiger partial charge in [-0.15, -0.1) is 0 Å². The normalized spacial score (nSPS) is 40.3. The third-order valence-corrected chi connectivity index (χ3v) is 4.84. The number of aliphatic hydroxyl groups excluding tert-OH is 1. The average molecular weight is 265 g/mol. The fourth-order valence-electron chi connectivity index (χ4n) is 3.06. The molecule has 5 heteroatoms. The molecule has 0 radical (unpaired) electrons. The predicted molar refractivity (Wildman–Crippen MR) is 63.1 cm³/mol. The molecule has 18 heavy (non-hydrogen) atoms. The average Bonchev–Trinajstić information content (AvgIpc) is 2.28. The maximum absolute atomic E-state index is 12.5. The Bertz CT molecular complexity index is 295. The van der Waals surface area contributed by atoms with Gasteiger partial charge in [-0.3, -0.25) is 0 Å². The summed E-state index contributed by atoms with van der Waals surface area (Å²) in [5.74, 6) is -1.12. The van der Waals surface area contributed by atoms with E-state index in [0.29, 0.717) is 19.3 Å². The largest absolute Gasteiger partial charge is 0.392 e. The van der Waals surface area contributed by atoms with E-state index in [1.807, 2.05) is 13.8 Å². The van der Waals surface area contributed by atoms with E-state index in [9.17, 15) is 18.3 Å². The Morgan fingerprint density at radius 1 is 1.11 bits per heavy atom. The van der Waals surface area contributed by atoms with Crippen LogP contribution in [0.1, 0.15) is 46.0 Å². The Morgan fingerprint density at radius 2 is 1.67 bits per heavy atom. The van der Waals surface area contributed by atoms with E-state index < -0.39 is 12.1 Å². The van der Waals surface area contributed by atoms with Gasteiger partial charge in [-0.1, -0.05) is 13.8 Å². The van der Waals surface area contributed by atoms with Crippen molar-refractivity contribution in [3.8, 4) is 0 Å². The van der Waals surface area contributed by atoms with E-state index in [1.165, 1.54) is 0 Å². The molecule has 0 saturated heterocycles. The first-order chi connectivity index (χ1) is 8.21. The van der Waals surface area contributed by atoms with Crippen molar-refractivity contribution in [3.05, 3.63) is 0 Å². The van der Waals surface area contributed by atoms with Gasteiger partial charge in [-0.2, -0.15) is 13.2 Å². The van der Waals surface area contributed by atoms with Crippen LogP contribution in [-0.4, -0.2) is 29.5 Å². The third kappa shape index (κ3) is 2.67. The number of halogens is 3. The minimum atomic E-state index is -4.03. The van der Waals surface area contributed by atoms with Gasteiger partial charge in [0, 0.05) is 17.5 Å². The summed E-state index contributed by atoms with van der Waals surface area (Å²) in [6, 6.07) is 0.417. The number of rotatable bonds is 2. The molecule has 0 heterocycles.